The summed E-state index contributed by atoms with van der Waals surface area (Å²) in [7, 11) is 1.56. The zero-order valence-electron chi connectivity index (χ0n) is 16.5. The Morgan fingerprint density at radius 1 is 0.968 bits per heavy atom. The van der Waals surface area contributed by atoms with E-state index in [-0.39, 0.29) is 11.8 Å². The average Bonchev–Trinajstić information content (AvgIpc) is 3.31. The molecule has 0 radical (unpaired) electrons. The molecule has 3 aromatic rings. The second-order valence-corrected chi connectivity index (χ2v) is 8.21. The van der Waals surface area contributed by atoms with Crippen LogP contribution in [0.3, 0.4) is 0 Å². The number of hydrogen-bond donors (Lipinski definition) is 0. The molecule has 3 atom stereocenters. The summed E-state index contributed by atoms with van der Waals surface area (Å²) in [6.07, 6.45) is 2.46. The van der Waals surface area contributed by atoms with Crippen LogP contribution in [0, 0.1) is 5.92 Å². The molecule has 0 saturated carbocycles. The van der Waals surface area contributed by atoms with Gasteiger partial charge in [0.25, 0.3) is 5.91 Å². The minimum absolute atomic E-state index is 0.298. The Morgan fingerprint density at radius 3 is 2.32 bits per heavy atom. The van der Waals surface area contributed by atoms with Crippen molar-refractivity contribution in [3.05, 3.63) is 83.1 Å². The van der Waals surface area contributed by atoms with E-state index in [0.29, 0.717) is 11.4 Å². The summed E-state index contributed by atoms with van der Waals surface area (Å²) in [5, 5.41) is 1.65. The van der Waals surface area contributed by atoms with Gasteiger partial charge in [-0.15, -0.1) is 0 Å². The third-order valence-electron chi connectivity index (χ3n) is 5.55. The van der Waals surface area contributed by atoms with E-state index in [4.69, 9.17) is 9.57 Å². The first-order valence-electron chi connectivity index (χ1n) is 9.72. The van der Waals surface area contributed by atoms with Crippen molar-refractivity contribution in [1.82, 2.24) is 4.98 Å². The fourth-order valence-corrected chi connectivity index (χ4v) is 4.37. The normalized spacial score (nSPS) is 22.7. The zero-order chi connectivity index (χ0) is 21.5. The third-order valence-corrected chi connectivity index (χ3v) is 6.08. The predicted molar refractivity (Wildman–Crippen MR) is 117 cm³/mol. The van der Waals surface area contributed by atoms with Gasteiger partial charge in [0.1, 0.15) is 11.7 Å². The molecule has 5 rings (SSSR count). The number of ether oxygens (including phenoxy) is 1. The van der Waals surface area contributed by atoms with Gasteiger partial charge < -0.3 is 4.74 Å². The molecule has 2 aromatic carbocycles. The van der Waals surface area contributed by atoms with Gasteiger partial charge in [-0.25, -0.2) is 9.96 Å². The number of amides is 2. The molecule has 2 amide bonds. The second-order valence-electron chi connectivity index (χ2n) is 7.30. The van der Waals surface area contributed by atoms with E-state index in [0.717, 1.165) is 15.7 Å². The molecule has 8 heteroatoms. The van der Waals surface area contributed by atoms with Crippen LogP contribution in [0.5, 0.6) is 5.75 Å². The highest BCUT2D eigenvalue weighted by atomic mass is 79.9. The van der Waals surface area contributed by atoms with Crippen molar-refractivity contribution in [2.75, 3.05) is 17.1 Å². The van der Waals surface area contributed by atoms with Crippen LogP contribution in [0.1, 0.15) is 11.6 Å². The van der Waals surface area contributed by atoms with Crippen LogP contribution in [0.15, 0.2) is 77.5 Å². The molecule has 0 bridgehead atoms. The Hall–Kier alpha value is -3.23. The number of hydrogen-bond acceptors (Lipinski definition) is 6. The molecule has 0 N–H and O–H groups in total. The SMILES string of the molecule is COc1ccc(N2C(=O)[C@@H]3[C@H](ON(c4ccc(Br)cc4)[C@H]3c3cccnc3)C2=O)cc1. The van der Waals surface area contributed by atoms with Crippen molar-refractivity contribution in [2.24, 2.45) is 5.92 Å². The van der Waals surface area contributed by atoms with Crippen molar-refractivity contribution in [3.63, 3.8) is 0 Å². The first-order valence-corrected chi connectivity index (χ1v) is 10.5. The van der Waals surface area contributed by atoms with Gasteiger partial charge in [0.15, 0.2) is 6.10 Å². The van der Waals surface area contributed by atoms with Gasteiger partial charge in [-0.05, 0) is 60.2 Å². The third kappa shape index (κ3) is 3.28. The lowest BCUT2D eigenvalue weighted by Crippen LogP contribution is -2.37. The van der Waals surface area contributed by atoms with Crippen LogP contribution in [0.25, 0.3) is 0 Å². The summed E-state index contributed by atoms with van der Waals surface area (Å²) in [5.41, 5.74) is 2.05. The van der Waals surface area contributed by atoms with Crippen LogP contribution >= 0.6 is 15.9 Å². The van der Waals surface area contributed by atoms with Gasteiger partial charge in [0.2, 0.25) is 5.91 Å². The molecule has 0 spiro atoms. The van der Waals surface area contributed by atoms with E-state index in [9.17, 15) is 9.59 Å². The number of anilines is 2. The molecule has 2 aliphatic rings. The quantitative estimate of drug-likeness (QED) is 0.528. The highest BCUT2D eigenvalue weighted by molar-refractivity contribution is 9.10. The fraction of sp³-hybridized carbons (Fsp3) is 0.174. The molecule has 0 aliphatic carbocycles. The van der Waals surface area contributed by atoms with Gasteiger partial charge in [-0.2, -0.15) is 0 Å². The summed E-state index contributed by atoms with van der Waals surface area (Å²) < 4.78 is 6.10. The van der Waals surface area contributed by atoms with Crippen molar-refractivity contribution in [2.45, 2.75) is 12.1 Å². The summed E-state index contributed by atoms with van der Waals surface area (Å²) in [6.45, 7) is 0. The summed E-state index contributed by atoms with van der Waals surface area (Å²) >= 11 is 3.43. The number of halogens is 1. The molecule has 31 heavy (non-hydrogen) atoms. The lowest BCUT2D eigenvalue weighted by atomic mass is 9.91. The van der Waals surface area contributed by atoms with Crippen LogP contribution in [0.4, 0.5) is 11.4 Å². The number of fused-ring (bicyclic) bond motifs is 1. The Morgan fingerprint density at radius 2 is 1.68 bits per heavy atom. The van der Waals surface area contributed by atoms with Crippen molar-refractivity contribution >= 4 is 39.1 Å². The topological polar surface area (TPSA) is 72.0 Å². The number of rotatable bonds is 4. The summed E-state index contributed by atoms with van der Waals surface area (Å²) in [4.78, 5) is 38.3. The molecule has 3 heterocycles. The van der Waals surface area contributed by atoms with Crippen LogP contribution in [-0.2, 0) is 14.4 Å². The molecule has 2 aliphatic heterocycles. The van der Waals surface area contributed by atoms with E-state index in [2.05, 4.69) is 20.9 Å². The number of nitrogens with zero attached hydrogens (tertiary/aromatic N) is 3. The Bertz CT molecular complexity index is 1120. The van der Waals surface area contributed by atoms with E-state index in [1.165, 1.54) is 4.90 Å². The average molecular weight is 480 g/mol. The molecule has 7 nitrogen and oxygen atoms in total. The smallest absolute Gasteiger partial charge is 0.266 e. The largest absolute Gasteiger partial charge is 0.497 e. The number of pyridine rings is 1. The maximum Gasteiger partial charge on any atom is 0.266 e. The fourth-order valence-electron chi connectivity index (χ4n) is 4.10. The van der Waals surface area contributed by atoms with Crippen molar-refractivity contribution in [1.29, 1.82) is 0 Å². The van der Waals surface area contributed by atoms with E-state index >= 15 is 0 Å². The van der Waals surface area contributed by atoms with Crippen molar-refractivity contribution in [3.8, 4) is 5.75 Å². The van der Waals surface area contributed by atoms with Gasteiger partial charge >= 0.3 is 0 Å². The van der Waals surface area contributed by atoms with Gasteiger partial charge in [-0.1, -0.05) is 22.0 Å². The highest BCUT2D eigenvalue weighted by Gasteiger charge is 2.60. The number of carbonyl (C=O) groups is 2. The first kappa shape index (κ1) is 19.7. The standard InChI is InChI=1S/C23H18BrN3O4/c1-30-18-10-8-16(9-11-18)26-22(28)19-20(14-3-2-12-25-13-14)27(31-21(19)23(26)29)17-6-4-15(24)5-7-17/h2-13,19-21H,1H3/t19-,20-,21-/m0/s1. The number of hydroxylamine groups is 1. The van der Waals surface area contributed by atoms with Crippen LogP contribution in [0.2, 0.25) is 0 Å². The molecular formula is C23H18BrN3O4. The van der Waals surface area contributed by atoms with Crippen LogP contribution < -0.4 is 14.7 Å². The summed E-state index contributed by atoms with van der Waals surface area (Å²) in [6, 6.07) is 17.6. The molecule has 2 fully saturated rings. The predicted octanol–water partition coefficient (Wildman–Crippen LogP) is 3.90. The van der Waals surface area contributed by atoms with Gasteiger partial charge in [0.05, 0.1) is 24.5 Å². The number of imide groups is 1. The van der Waals surface area contributed by atoms with E-state index in [1.54, 1.807) is 48.8 Å². The lowest BCUT2D eigenvalue weighted by molar-refractivity contribution is -0.126. The number of benzene rings is 2. The Kier molecular flexibility index (Phi) is 4.95. The minimum atomic E-state index is -0.913. The second kappa shape index (κ2) is 7.79. The lowest BCUT2D eigenvalue weighted by Gasteiger charge is -2.28. The number of carbonyl (C=O) groups excluding carboxylic acids is 2. The molecule has 156 valence electrons. The van der Waals surface area contributed by atoms with Crippen molar-refractivity contribution < 1.29 is 19.2 Å². The zero-order valence-corrected chi connectivity index (χ0v) is 18.1. The maximum absolute atomic E-state index is 13.5. The van der Waals surface area contributed by atoms with Gasteiger partial charge in [-0.3, -0.25) is 19.4 Å². The molecule has 2 saturated heterocycles. The van der Waals surface area contributed by atoms with Crippen LogP contribution in [-0.4, -0.2) is 30.0 Å². The first-order chi connectivity index (χ1) is 15.1. The van der Waals surface area contributed by atoms with E-state index in [1.807, 2.05) is 36.4 Å². The minimum Gasteiger partial charge on any atom is -0.497 e. The Balaban J connectivity index is 1.55. The molecule has 0 unspecified atom stereocenters. The summed E-state index contributed by atoms with van der Waals surface area (Å²) in [5.74, 6) is -0.723. The Labute approximate surface area is 187 Å². The number of aromatic nitrogens is 1. The maximum atomic E-state index is 13.5. The van der Waals surface area contributed by atoms with Gasteiger partial charge in [0, 0.05) is 16.9 Å². The van der Waals surface area contributed by atoms with E-state index < -0.39 is 18.1 Å². The monoisotopic (exact) mass is 479 g/mol. The highest BCUT2D eigenvalue weighted by Crippen LogP contribution is 2.47. The number of methoxy groups -OCH3 is 1. The molecular weight excluding hydrogens is 462 g/mol. The molecule has 1 aromatic heterocycles.